The van der Waals surface area contributed by atoms with Crippen LogP contribution in [0.25, 0.3) is 6.08 Å². The van der Waals surface area contributed by atoms with Gasteiger partial charge in [-0.15, -0.1) is 0 Å². The second-order valence-corrected chi connectivity index (χ2v) is 6.61. The van der Waals surface area contributed by atoms with Crippen molar-refractivity contribution in [3.8, 4) is 17.6 Å². The zero-order valence-corrected chi connectivity index (χ0v) is 17.1. The van der Waals surface area contributed by atoms with E-state index < -0.39 is 11.9 Å². The number of methoxy groups -OCH3 is 1. The number of carbonyl (C=O) groups excluding carboxylic acids is 2. The highest BCUT2D eigenvalue weighted by Crippen LogP contribution is 2.30. The highest BCUT2D eigenvalue weighted by atomic mass is 16.6. The van der Waals surface area contributed by atoms with Gasteiger partial charge in [-0.3, -0.25) is 4.79 Å². The average Bonchev–Trinajstić information content (AvgIpc) is 3.17. The van der Waals surface area contributed by atoms with Crippen molar-refractivity contribution in [2.45, 2.75) is 13.8 Å². The minimum absolute atomic E-state index is 0.146. The summed E-state index contributed by atoms with van der Waals surface area (Å²) in [4.78, 5) is 24.7. The number of ether oxygens (including phenoxy) is 2. The van der Waals surface area contributed by atoms with Crippen molar-refractivity contribution in [1.82, 2.24) is 5.16 Å². The van der Waals surface area contributed by atoms with Gasteiger partial charge >= 0.3 is 5.97 Å². The molecule has 0 spiro atoms. The summed E-state index contributed by atoms with van der Waals surface area (Å²) < 4.78 is 15.6. The summed E-state index contributed by atoms with van der Waals surface area (Å²) >= 11 is 0. The molecule has 0 atom stereocenters. The Morgan fingerprint density at radius 2 is 1.84 bits per heavy atom. The van der Waals surface area contributed by atoms with E-state index in [2.05, 4.69) is 10.5 Å². The molecule has 0 unspecified atom stereocenters. The number of anilines is 1. The van der Waals surface area contributed by atoms with Gasteiger partial charge in [-0.25, -0.2) is 4.79 Å². The van der Waals surface area contributed by atoms with Crippen LogP contribution in [0.15, 0.2) is 58.6 Å². The predicted molar refractivity (Wildman–Crippen MR) is 113 cm³/mol. The Kier molecular flexibility index (Phi) is 6.48. The maximum Gasteiger partial charge on any atom is 0.343 e. The van der Waals surface area contributed by atoms with Crippen LogP contribution < -0.4 is 14.8 Å². The molecular weight excluding hydrogens is 398 g/mol. The van der Waals surface area contributed by atoms with Crippen molar-refractivity contribution in [1.29, 1.82) is 5.26 Å². The fourth-order valence-corrected chi connectivity index (χ4v) is 2.63. The first-order chi connectivity index (χ1) is 14.9. The molecule has 1 amide bonds. The summed E-state index contributed by atoms with van der Waals surface area (Å²) in [5.41, 5.74) is 1.80. The smallest absolute Gasteiger partial charge is 0.343 e. The van der Waals surface area contributed by atoms with Crippen molar-refractivity contribution < 1.29 is 23.6 Å². The molecule has 0 bridgehead atoms. The van der Waals surface area contributed by atoms with Crippen LogP contribution in [0, 0.1) is 25.2 Å². The second-order valence-electron chi connectivity index (χ2n) is 6.61. The number of nitrogens with one attached hydrogen (secondary N) is 1. The van der Waals surface area contributed by atoms with Gasteiger partial charge in [-0.2, -0.15) is 5.26 Å². The third-order valence-electron chi connectivity index (χ3n) is 4.22. The van der Waals surface area contributed by atoms with E-state index >= 15 is 0 Å². The molecule has 3 rings (SSSR count). The summed E-state index contributed by atoms with van der Waals surface area (Å²) in [6, 6.07) is 15.1. The molecule has 8 heteroatoms. The van der Waals surface area contributed by atoms with Crippen molar-refractivity contribution >= 4 is 23.8 Å². The van der Waals surface area contributed by atoms with Crippen LogP contribution in [0.1, 0.15) is 27.2 Å². The standard InChI is InChI=1S/C23H19N3O5/c1-14-4-7-17(8-5-14)23(28)30-19-9-6-16(12-20(19)29-3)11-18(13-24)22(27)25-21-10-15(2)31-26-21/h4-12H,1-3H3,(H,25,26,27). The summed E-state index contributed by atoms with van der Waals surface area (Å²) in [6.45, 7) is 3.61. The van der Waals surface area contributed by atoms with E-state index in [0.717, 1.165) is 5.56 Å². The van der Waals surface area contributed by atoms with Gasteiger partial charge in [-0.05, 0) is 49.8 Å². The third kappa shape index (κ3) is 5.36. The molecule has 31 heavy (non-hydrogen) atoms. The normalized spacial score (nSPS) is 10.8. The van der Waals surface area contributed by atoms with Gasteiger partial charge in [-0.1, -0.05) is 28.9 Å². The van der Waals surface area contributed by atoms with E-state index in [1.54, 1.807) is 31.2 Å². The fourth-order valence-electron chi connectivity index (χ4n) is 2.63. The molecule has 0 aliphatic carbocycles. The molecule has 3 aromatic rings. The number of benzene rings is 2. The van der Waals surface area contributed by atoms with E-state index in [-0.39, 0.29) is 22.9 Å². The van der Waals surface area contributed by atoms with E-state index in [9.17, 15) is 14.9 Å². The molecule has 8 nitrogen and oxygen atoms in total. The second kappa shape index (κ2) is 9.41. The van der Waals surface area contributed by atoms with Crippen LogP contribution in [0.2, 0.25) is 0 Å². The van der Waals surface area contributed by atoms with Crippen LogP contribution in [-0.2, 0) is 4.79 Å². The highest BCUT2D eigenvalue weighted by Gasteiger charge is 2.15. The van der Waals surface area contributed by atoms with Crippen LogP contribution in [0.4, 0.5) is 5.82 Å². The van der Waals surface area contributed by atoms with Gasteiger partial charge in [0.15, 0.2) is 17.3 Å². The topological polar surface area (TPSA) is 114 Å². The number of hydrogen-bond acceptors (Lipinski definition) is 7. The fraction of sp³-hybridized carbons (Fsp3) is 0.130. The van der Waals surface area contributed by atoms with Gasteiger partial charge in [0.1, 0.15) is 17.4 Å². The minimum atomic E-state index is -0.635. The zero-order chi connectivity index (χ0) is 22.4. The van der Waals surface area contributed by atoms with Gasteiger partial charge in [0, 0.05) is 6.07 Å². The van der Waals surface area contributed by atoms with E-state index in [0.29, 0.717) is 16.9 Å². The van der Waals surface area contributed by atoms with Gasteiger partial charge in [0.25, 0.3) is 5.91 Å². The van der Waals surface area contributed by atoms with E-state index in [1.807, 2.05) is 25.1 Å². The van der Waals surface area contributed by atoms with Crippen LogP contribution in [0.5, 0.6) is 11.5 Å². The van der Waals surface area contributed by atoms with Crippen molar-refractivity contribution in [2.75, 3.05) is 12.4 Å². The molecule has 0 aliphatic rings. The Morgan fingerprint density at radius 1 is 1.10 bits per heavy atom. The lowest BCUT2D eigenvalue weighted by molar-refractivity contribution is -0.112. The molecule has 0 fully saturated rings. The first kappa shape index (κ1) is 21.3. The lowest BCUT2D eigenvalue weighted by Gasteiger charge is -2.10. The number of esters is 1. The third-order valence-corrected chi connectivity index (χ3v) is 4.22. The zero-order valence-electron chi connectivity index (χ0n) is 17.1. The minimum Gasteiger partial charge on any atom is -0.493 e. The molecule has 0 aliphatic heterocycles. The number of carbonyl (C=O) groups is 2. The summed E-state index contributed by atoms with van der Waals surface area (Å²) in [5, 5.41) is 15.5. The average molecular weight is 417 g/mol. The Morgan fingerprint density at radius 3 is 2.45 bits per heavy atom. The summed E-state index contributed by atoms with van der Waals surface area (Å²) in [5.74, 6) is 0.0643. The summed E-state index contributed by atoms with van der Waals surface area (Å²) in [6.07, 6.45) is 1.39. The Balaban J connectivity index is 1.79. The number of rotatable bonds is 6. The van der Waals surface area contributed by atoms with E-state index in [1.165, 1.54) is 25.3 Å². The van der Waals surface area contributed by atoms with Crippen LogP contribution in [0.3, 0.4) is 0 Å². The highest BCUT2D eigenvalue weighted by molar-refractivity contribution is 6.09. The lowest BCUT2D eigenvalue weighted by Crippen LogP contribution is -2.13. The lowest BCUT2D eigenvalue weighted by atomic mass is 10.1. The molecule has 156 valence electrons. The SMILES string of the molecule is COc1cc(C=C(C#N)C(=O)Nc2cc(C)on2)ccc1OC(=O)c1ccc(C)cc1. The largest absolute Gasteiger partial charge is 0.493 e. The van der Waals surface area contributed by atoms with Crippen LogP contribution in [-0.4, -0.2) is 24.1 Å². The van der Waals surface area contributed by atoms with Gasteiger partial charge in [0.2, 0.25) is 0 Å². The molecule has 0 radical (unpaired) electrons. The molecular formula is C23H19N3O5. The summed E-state index contributed by atoms with van der Waals surface area (Å²) in [7, 11) is 1.43. The first-order valence-electron chi connectivity index (χ1n) is 9.23. The molecule has 1 heterocycles. The predicted octanol–water partition coefficient (Wildman–Crippen LogP) is 4.06. The van der Waals surface area contributed by atoms with Crippen molar-refractivity contribution in [2.24, 2.45) is 0 Å². The maximum absolute atomic E-state index is 12.4. The number of amides is 1. The monoisotopic (exact) mass is 417 g/mol. The van der Waals surface area contributed by atoms with E-state index in [4.69, 9.17) is 14.0 Å². The van der Waals surface area contributed by atoms with Gasteiger partial charge in [0.05, 0.1) is 12.7 Å². The van der Waals surface area contributed by atoms with Crippen LogP contribution >= 0.6 is 0 Å². The molecule has 2 aromatic carbocycles. The maximum atomic E-state index is 12.4. The van der Waals surface area contributed by atoms with Crippen molar-refractivity contribution in [3.05, 3.63) is 76.6 Å². The molecule has 1 N–H and O–H groups in total. The Bertz CT molecular complexity index is 1190. The Hall–Kier alpha value is -4.38. The first-order valence-corrected chi connectivity index (χ1v) is 9.23. The number of hydrogen-bond donors (Lipinski definition) is 1. The number of nitriles is 1. The molecule has 0 saturated carbocycles. The van der Waals surface area contributed by atoms with Crippen molar-refractivity contribution in [3.63, 3.8) is 0 Å². The molecule has 0 saturated heterocycles. The number of aromatic nitrogens is 1. The number of nitrogens with zero attached hydrogens (tertiary/aromatic N) is 2. The number of aryl methyl sites for hydroxylation is 2. The molecule has 1 aromatic heterocycles. The Labute approximate surface area is 178 Å². The quantitative estimate of drug-likeness (QED) is 0.278. The van der Waals surface area contributed by atoms with Gasteiger partial charge < -0.3 is 19.3 Å².